The molecule has 3 heteroatoms. The zero-order valence-corrected chi connectivity index (χ0v) is 14.5. The van der Waals surface area contributed by atoms with Crippen LogP contribution in [0, 0.1) is 0 Å². The molecule has 0 saturated carbocycles. The summed E-state index contributed by atoms with van der Waals surface area (Å²) in [6, 6.07) is 7.62. The van der Waals surface area contributed by atoms with Crippen molar-refractivity contribution in [1.29, 1.82) is 0 Å². The van der Waals surface area contributed by atoms with Gasteiger partial charge in [-0.15, -0.1) is 0 Å². The standard InChI is InChI=1S/C19H30ClNO/c20-18-10-12-19(13-11-18)22-17-9-5-1-2-6-14-21-15-7-3-4-8-16-21/h10-13H,1-9,14-17H2. The molecule has 124 valence electrons. The van der Waals surface area contributed by atoms with E-state index in [1.807, 2.05) is 24.3 Å². The Morgan fingerprint density at radius 1 is 0.818 bits per heavy atom. The highest BCUT2D eigenvalue weighted by Crippen LogP contribution is 2.16. The molecule has 1 aromatic carbocycles. The molecule has 0 amide bonds. The van der Waals surface area contributed by atoms with Gasteiger partial charge in [-0.2, -0.15) is 0 Å². The Morgan fingerprint density at radius 3 is 2.18 bits per heavy atom. The monoisotopic (exact) mass is 323 g/mol. The molecule has 1 fully saturated rings. The molecule has 0 aliphatic carbocycles. The molecule has 1 aromatic rings. The Balaban J connectivity index is 1.41. The molecular formula is C19H30ClNO. The van der Waals surface area contributed by atoms with E-state index in [9.17, 15) is 0 Å². The van der Waals surface area contributed by atoms with E-state index in [4.69, 9.17) is 16.3 Å². The number of benzene rings is 1. The van der Waals surface area contributed by atoms with E-state index in [-0.39, 0.29) is 0 Å². The maximum Gasteiger partial charge on any atom is 0.119 e. The summed E-state index contributed by atoms with van der Waals surface area (Å²) >= 11 is 5.85. The Bertz CT molecular complexity index is 385. The first-order chi connectivity index (χ1) is 10.8. The fraction of sp³-hybridized carbons (Fsp3) is 0.684. The van der Waals surface area contributed by atoms with Crippen molar-refractivity contribution >= 4 is 11.6 Å². The Labute approximate surface area is 140 Å². The summed E-state index contributed by atoms with van der Waals surface area (Å²) in [5, 5.41) is 0.761. The lowest BCUT2D eigenvalue weighted by Gasteiger charge is -2.19. The van der Waals surface area contributed by atoms with E-state index in [1.54, 1.807) is 0 Å². The predicted octanol–water partition coefficient (Wildman–Crippen LogP) is 5.55. The van der Waals surface area contributed by atoms with Crippen LogP contribution in [0.2, 0.25) is 5.02 Å². The number of nitrogens with zero attached hydrogens (tertiary/aromatic N) is 1. The lowest BCUT2D eigenvalue weighted by molar-refractivity contribution is 0.275. The Kier molecular flexibility index (Phi) is 8.74. The van der Waals surface area contributed by atoms with Crippen LogP contribution < -0.4 is 4.74 Å². The number of unbranched alkanes of at least 4 members (excludes halogenated alkanes) is 4. The number of rotatable bonds is 9. The average molecular weight is 324 g/mol. The van der Waals surface area contributed by atoms with E-state index in [2.05, 4.69) is 4.90 Å². The molecule has 0 unspecified atom stereocenters. The number of hydrogen-bond acceptors (Lipinski definition) is 2. The third-order valence-electron chi connectivity index (χ3n) is 4.40. The van der Waals surface area contributed by atoms with Gasteiger partial charge in [0, 0.05) is 5.02 Å². The molecule has 1 heterocycles. The van der Waals surface area contributed by atoms with Gasteiger partial charge < -0.3 is 9.64 Å². The van der Waals surface area contributed by atoms with E-state index in [0.29, 0.717) is 0 Å². The number of likely N-dealkylation sites (tertiary alicyclic amines) is 1. The number of hydrogen-bond donors (Lipinski definition) is 0. The van der Waals surface area contributed by atoms with E-state index >= 15 is 0 Å². The molecule has 0 radical (unpaired) electrons. The first-order valence-corrected chi connectivity index (χ1v) is 9.33. The zero-order valence-electron chi connectivity index (χ0n) is 13.7. The average Bonchev–Trinajstić information content (AvgIpc) is 2.80. The summed E-state index contributed by atoms with van der Waals surface area (Å²) < 4.78 is 5.71. The van der Waals surface area contributed by atoms with Crippen LogP contribution in [0.25, 0.3) is 0 Å². The van der Waals surface area contributed by atoms with Gasteiger partial charge in [-0.25, -0.2) is 0 Å². The highest BCUT2D eigenvalue weighted by atomic mass is 35.5. The number of halogens is 1. The van der Waals surface area contributed by atoms with Crippen molar-refractivity contribution in [3.63, 3.8) is 0 Å². The normalized spacial score (nSPS) is 16.4. The summed E-state index contributed by atoms with van der Waals surface area (Å²) in [5.41, 5.74) is 0. The van der Waals surface area contributed by atoms with Gasteiger partial charge in [0.15, 0.2) is 0 Å². The Hall–Kier alpha value is -0.730. The highest BCUT2D eigenvalue weighted by Gasteiger charge is 2.07. The second kappa shape index (κ2) is 10.9. The van der Waals surface area contributed by atoms with Gasteiger partial charge in [0.25, 0.3) is 0 Å². The van der Waals surface area contributed by atoms with E-state index in [1.165, 1.54) is 71.0 Å². The summed E-state index contributed by atoms with van der Waals surface area (Å²) in [4.78, 5) is 2.66. The summed E-state index contributed by atoms with van der Waals surface area (Å²) in [6.07, 6.45) is 12.1. The van der Waals surface area contributed by atoms with E-state index < -0.39 is 0 Å². The van der Waals surface area contributed by atoms with Crippen LogP contribution >= 0.6 is 11.6 Å². The minimum atomic E-state index is 0.761. The third-order valence-corrected chi connectivity index (χ3v) is 4.65. The predicted molar refractivity (Wildman–Crippen MR) is 94.9 cm³/mol. The van der Waals surface area contributed by atoms with Gasteiger partial charge in [-0.1, -0.05) is 43.7 Å². The van der Waals surface area contributed by atoms with E-state index in [0.717, 1.165) is 23.8 Å². The van der Waals surface area contributed by atoms with Crippen LogP contribution in [-0.4, -0.2) is 31.1 Å². The SMILES string of the molecule is Clc1ccc(OCCCCCCCN2CCCCCC2)cc1. The molecule has 22 heavy (non-hydrogen) atoms. The van der Waals surface area contributed by atoms with Gasteiger partial charge in [-0.05, 0) is 69.6 Å². The molecule has 0 bridgehead atoms. The number of ether oxygens (including phenoxy) is 1. The third kappa shape index (κ3) is 7.51. The first kappa shape index (κ1) is 17.6. The highest BCUT2D eigenvalue weighted by molar-refractivity contribution is 6.30. The van der Waals surface area contributed by atoms with Gasteiger partial charge in [0.2, 0.25) is 0 Å². The van der Waals surface area contributed by atoms with Crippen LogP contribution in [0.15, 0.2) is 24.3 Å². The van der Waals surface area contributed by atoms with Crippen molar-refractivity contribution in [1.82, 2.24) is 4.90 Å². The van der Waals surface area contributed by atoms with Gasteiger partial charge in [0.05, 0.1) is 6.61 Å². The van der Waals surface area contributed by atoms with Gasteiger partial charge in [-0.3, -0.25) is 0 Å². The van der Waals surface area contributed by atoms with Crippen molar-refractivity contribution in [2.75, 3.05) is 26.2 Å². The van der Waals surface area contributed by atoms with Crippen LogP contribution in [0.1, 0.15) is 57.8 Å². The minimum Gasteiger partial charge on any atom is -0.494 e. The summed E-state index contributed by atoms with van der Waals surface area (Å²) in [5.74, 6) is 0.922. The molecule has 0 N–H and O–H groups in total. The molecule has 1 aliphatic rings. The minimum absolute atomic E-state index is 0.761. The second-order valence-corrected chi connectivity index (χ2v) is 6.76. The summed E-state index contributed by atoms with van der Waals surface area (Å²) in [6.45, 7) is 4.78. The maximum atomic E-state index is 5.85. The van der Waals surface area contributed by atoms with Crippen molar-refractivity contribution < 1.29 is 4.74 Å². The second-order valence-electron chi connectivity index (χ2n) is 6.33. The fourth-order valence-electron chi connectivity index (χ4n) is 3.05. The van der Waals surface area contributed by atoms with Crippen LogP contribution in [0.5, 0.6) is 5.75 Å². The quantitative estimate of drug-likeness (QED) is 0.553. The lowest BCUT2D eigenvalue weighted by atomic mass is 10.1. The molecule has 2 nitrogen and oxygen atoms in total. The first-order valence-electron chi connectivity index (χ1n) is 8.95. The molecule has 0 spiro atoms. The van der Waals surface area contributed by atoms with Crippen LogP contribution in [-0.2, 0) is 0 Å². The fourth-order valence-corrected chi connectivity index (χ4v) is 3.17. The molecular weight excluding hydrogens is 294 g/mol. The maximum absolute atomic E-state index is 5.85. The zero-order chi connectivity index (χ0) is 15.5. The van der Waals surface area contributed by atoms with Crippen molar-refractivity contribution in [3.8, 4) is 5.75 Å². The molecule has 1 saturated heterocycles. The van der Waals surface area contributed by atoms with Crippen LogP contribution in [0.4, 0.5) is 0 Å². The van der Waals surface area contributed by atoms with Crippen molar-refractivity contribution in [2.24, 2.45) is 0 Å². The topological polar surface area (TPSA) is 12.5 Å². The largest absolute Gasteiger partial charge is 0.494 e. The summed E-state index contributed by atoms with van der Waals surface area (Å²) in [7, 11) is 0. The Morgan fingerprint density at radius 2 is 1.45 bits per heavy atom. The molecule has 2 rings (SSSR count). The smallest absolute Gasteiger partial charge is 0.119 e. The van der Waals surface area contributed by atoms with Crippen molar-refractivity contribution in [3.05, 3.63) is 29.3 Å². The molecule has 0 aromatic heterocycles. The molecule has 0 atom stereocenters. The lowest BCUT2D eigenvalue weighted by Crippen LogP contribution is -2.25. The van der Waals surface area contributed by atoms with Crippen molar-refractivity contribution in [2.45, 2.75) is 57.8 Å². The van der Waals surface area contributed by atoms with Gasteiger partial charge in [0.1, 0.15) is 5.75 Å². The van der Waals surface area contributed by atoms with Crippen LogP contribution in [0.3, 0.4) is 0 Å². The molecule has 1 aliphatic heterocycles. The van der Waals surface area contributed by atoms with Gasteiger partial charge >= 0.3 is 0 Å².